The first kappa shape index (κ1) is 9.85. The highest BCUT2D eigenvalue weighted by atomic mass is 16.3. The molecule has 1 aliphatic rings. The average molecular weight is 176 g/mol. The largest absolute Gasteiger partial charge is 0.508 e. The summed E-state index contributed by atoms with van der Waals surface area (Å²) < 4.78 is 0. The van der Waals surface area contributed by atoms with E-state index in [0.29, 0.717) is 11.7 Å². The summed E-state index contributed by atoms with van der Waals surface area (Å²) in [4.78, 5) is 0. The van der Waals surface area contributed by atoms with Crippen LogP contribution in [-0.4, -0.2) is 5.11 Å². The molecule has 0 amide bonds. The number of aliphatic hydroxyl groups excluding tert-OH is 1. The number of hydrogen-bond acceptors (Lipinski definition) is 1. The maximum absolute atomic E-state index is 9.51. The summed E-state index contributed by atoms with van der Waals surface area (Å²) in [5.74, 6) is 0.920. The molecule has 0 radical (unpaired) electrons. The maximum Gasteiger partial charge on any atom is 0.114 e. The minimum atomic E-state index is 0.417. The van der Waals surface area contributed by atoms with Gasteiger partial charge in [0.1, 0.15) is 5.76 Å². The lowest BCUT2D eigenvalue weighted by Gasteiger charge is -2.17. The van der Waals surface area contributed by atoms with Gasteiger partial charge in [0.15, 0.2) is 0 Å². The van der Waals surface area contributed by atoms with Gasteiger partial charge in [-0.2, -0.15) is 0 Å². The van der Waals surface area contributed by atoms with E-state index in [0.717, 1.165) is 24.8 Å². The Morgan fingerprint density at radius 3 is 2.85 bits per heavy atom. The highest BCUT2D eigenvalue weighted by Gasteiger charge is 2.13. The molecular formula is C12H16O. The van der Waals surface area contributed by atoms with Crippen LogP contribution in [0.25, 0.3) is 0 Å². The van der Waals surface area contributed by atoms with Crippen LogP contribution in [0.15, 0.2) is 48.8 Å². The van der Waals surface area contributed by atoms with Gasteiger partial charge in [-0.3, -0.25) is 0 Å². The second kappa shape index (κ2) is 4.70. The van der Waals surface area contributed by atoms with Crippen molar-refractivity contribution in [3.63, 3.8) is 0 Å². The van der Waals surface area contributed by atoms with Crippen molar-refractivity contribution in [3.8, 4) is 0 Å². The second-order valence-corrected chi connectivity index (χ2v) is 3.33. The fraction of sp³-hybridized carbons (Fsp3) is 0.333. The molecule has 0 saturated carbocycles. The van der Waals surface area contributed by atoms with E-state index in [1.807, 2.05) is 18.2 Å². The summed E-state index contributed by atoms with van der Waals surface area (Å²) in [6.07, 6.45) is 10.3. The molecule has 1 atom stereocenters. The first-order chi connectivity index (χ1) is 6.27. The lowest BCUT2D eigenvalue weighted by molar-refractivity contribution is 0.409. The molecule has 0 fully saturated rings. The molecule has 0 bridgehead atoms. The molecule has 0 heterocycles. The number of aliphatic hydroxyl groups is 1. The normalized spacial score (nSPS) is 21.7. The van der Waals surface area contributed by atoms with Crippen molar-refractivity contribution in [1.82, 2.24) is 0 Å². The lowest BCUT2D eigenvalue weighted by atomic mass is 9.89. The van der Waals surface area contributed by atoms with Crippen LogP contribution in [0.1, 0.15) is 19.3 Å². The van der Waals surface area contributed by atoms with Crippen LogP contribution in [0.5, 0.6) is 0 Å². The van der Waals surface area contributed by atoms with Gasteiger partial charge in [-0.05, 0) is 36.8 Å². The third-order valence-corrected chi connectivity index (χ3v) is 2.26. The summed E-state index contributed by atoms with van der Waals surface area (Å²) in [5, 5.41) is 9.51. The Morgan fingerprint density at radius 1 is 1.46 bits per heavy atom. The zero-order chi connectivity index (χ0) is 9.68. The first-order valence-electron chi connectivity index (χ1n) is 4.59. The van der Waals surface area contributed by atoms with Gasteiger partial charge < -0.3 is 5.11 Å². The van der Waals surface area contributed by atoms with E-state index >= 15 is 0 Å². The van der Waals surface area contributed by atoms with Gasteiger partial charge in [0.05, 0.1) is 0 Å². The molecule has 70 valence electrons. The number of rotatable bonds is 4. The molecule has 0 aromatic rings. The molecule has 1 N–H and O–H groups in total. The zero-order valence-electron chi connectivity index (χ0n) is 7.87. The standard InChI is InChI=1S/C12H16O/c1-3-5-10-7-8-12(13)11(9-10)6-4-2/h3-4,7-8,10,13H,1-2,5-6,9H2. The minimum Gasteiger partial charge on any atom is -0.508 e. The highest BCUT2D eigenvalue weighted by Crippen LogP contribution is 2.27. The summed E-state index contributed by atoms with van der Waals surface area (Å²) in [6.45, 7) is 7.38. The van der Waals surface area contributed by atoms with Gasteiger partial charge in [-0.25, -0.2) is 0 Å². The maximum atomic E-state index is 9.51. The van der Waals surface area contributed by atoms with Crippen LogP contribution in [0, 0.1) is 5.92 Å². The van der Waals surface area contributed by atoms with Crippen molar-refractivity contribution in [2.24, 2.45) is 5.92 Å². The summed E-state index contributed by atoms with van der Waals surface area (Å²) >= 11 is 0. The van der Waals surface area contributed by atoms with Crippen molar-refractivity contribution in [2.75, 3.05) is 0 Å². The van der Waals surface area contributed by atoms with E-state index in [1.165, 1.54) is 0 Å². The van der Waals surface area contributed by atoms with Crippen LogP contribution in [0.4, 0.5) is 0 Å². The first-order valence-corrected chi connectivity index (χ1v) is 4.59. The Kier molecular flexibility index (Phi) is 3.56. The van der Waals surface area contributed by atoms with Gasteiger partial charge in [-0.1, -0.05) is 18.2 Å². The SMILES string of the molecule is C=CCC1=C(O)C=CC(CC=C)C1. The van der Waals surface area contributed by atoms with Crippen LogP contribution < -0.4 is 0 Å². The molecule has 1 unspecified atom stereocenters. The summed E-state index contributed by atoms with van der Waals surface area (Å²) in [7, 11) is 0. The molecular weight excluding hydrogens is 160 g/mol. The Morgan fingerprint density at radius 2 is 2.23 bits per heavy atom. The van der Waals surface area contributed by atoms with Gasteiger partial charge in [0.25, 0.3) is 0 Å². The van der Waals surface area contributed by atoms with E-state index in [-0.39, 0.29) is 0 Å². The van der Waals surface area contributed by atoms with Crippen LogP contribution >= 0.6 is 0 Å². The van der Waals surface area contributed by atoms with Crippen molar-refractivity contribution >= 4 is 0 Å². The van der Waals surface area contributed by atoms with Crippen molar-refractivity contribution in [3.05, 3.63) is 48.8 Å². The van der Waals surface area contributed by atoms with Crippen LogP contribution in [0.2, 0.25) is 0 Å². The Labute approximate surface area is 79.8 Å². The number of hydrogen-bond donors (Lipinski definition) is 1. The van der Waals surface area contributed by atoms with Crippen LogP contribution in [0.3, 0.4) is 0 Å². The van der Waals surface area contributed by atoms with Crippen LogP contribution in [-0.2, 0) is 0 Å². The van der Waals surface area contributed by atoms with E-state index < -0.39 is 0 Å². The van der Waals surface area contributed by atoms with Gasteiger partial charge in [0, 0.05) is 0 Å². The van der Waals surface area contributed by atoms with E-state index in [1.54, 1.807) is 6.08 Å². The average Bonchev–Trinajstić information content (AvgIpc) is 2.12. The molecule has 1 heteroatoms. The molecule has 0 aromatic carbocycles. The van der Waals surface area contributed by atoms with Crippen molar-refractivity contribution in [1.29, 1.82) is 0 Å². The predicted molar refractivity (Wildman–Crippen MR) is 56.5 cm³/mol. The second-order valence-electron chi connectivity index (χ2n) is 3.33. The highest BCUT2D eigenvalue weighted by molar-refractivity contribution is 5.26. The number of allylic oxidation sites excluding steroid dienone is 5. The zero-order valence-corrected chi connectivity index (χ0v) is 7.87. The molecule has 0 saturated heterocycles. The Balaban J connectivity index is 2.65. The van der Waals surface area contributed by atoms with E-state index in [2.05, 4.69) is 13.2 Å². The van der Waals surface area contributed by atoms with Crippen molar-refractivity contribution < 1.29 is 5.11 Å². The smallest absolute Gasteiger partial charge is 0.114 e. The molecule has 1 nitrogen and oxygen atoms in total. The monoisotopic (exact) mass is 176 g/mol. The molecule has 0 aliphatic heterocycles. The quantitative estimate of drug-likeness (QED) is 0.650. The minimum absolute atomic E-state index is 0.417. The molecule has 0 spiro atoms. The molecule has 13 heavy (non-hydrogen) atoms. The topological polar surface area (TPSA) is 20.2 Å². The molecule has 0 aromatic heterocycles. The Bertz CT molecular complexity index is 258. The third-order valence-electron chi connectivity index (χ3n) is 2.26. The Hall–Kier alpha value is -1.24. The third kappa shape index (κ3) is 2.62. The predicted octanol–water partition coefficient (Wildman–Crippen LogP) is 3.53. The van der Waals surface area contributed by atoms with Gasteiger partial charge >= 0.3 is 0 Å². The van der Waals surface area contributed by atoms with E-state index in [4.69, 9.17) is 0 Å². The van der Waals surface area contributed by atoms with Gasteiger partial charge in [0.2, 0.25) is 0 Å². The lowest BCUT2D eigenvalue weighted by Crippen LogP contribution is -2.04. The summed E-state index contributed by atoms with van der Waals surface area (Å²) in [6, 6.07) is 0. The molecule has 1 aliphatic carbocycles. The molecule has 1 rings (SSSR count). The van der Waals surface area contributed by atoms with Gasteiger partial charge in [-0.15, -0.1) is 13.2 Å². The van der Waals surface area contributed by atoms with E-state index in [9.17, 15) is 5.11 Å². The summed E-state index contributed by atoms with van der Waals surface area (Å²) in [5.41, 5.74) is 1.09. The fourth-order valence-electron chi connectivity index (χ4n) is 1.57. The van der Waals surface area contributed by atoms with Crippen molar-refractivity contribution in [2.45, 2.75) is 19.3 Å². The fourth-order valence-corrected chi connectivity index (χ4v) is 1.57.